The fraction of sp³-hybridized carbons (Fsp3) is 0.583. The van der Waals surface area contributed by atoms with Crippen LogP contribution >= 0.6 is 0 Å². The standard InChI is InChI=1S/C48H64F2N6O6/c1-10-11-15-37-39-41(53-51-37)33(45(59)61-28(2)3)24-55(26-47(39,6)7)43(57)31-19-17-30(18-20-31)14-12-13-16-38-40-42(54-52-38)34(46(60)62-29(4)5)25-56(27-48(40,8)9)44(58)32-21-22-35(49)36(50)23-32/h21-25,28-31H,10-20,26-27H2,1-9H3,(H,51,53)(H,52,54). The summed E-state index contributed by atoms with van der Waals surface area (Å²) in [5.41, 5.74) is 3.90. The van der Waals surface area contributed by atoms with Crippen molar-refractivity contribution in [3.8, 4) is 0 Å². The number of hydrogen-bond acceptors (Lipinski definition) is 8. The summed E-state index contributed by atoms with van der Waals surface area (Å²) in [7, 11) is 0. The third kappa shape index (κ3) is 10.2. The van der Waals surface area contributed by atoms with E-state index in [1.165, 1.54) is 17.2 Å². The number of nitrogens with zero attached hydrogens (tertiary/aromatic N) is 4. The first-order valence-electron chi connectivity index (χ1n) is 22.4. The number of benzene rings is 1. The summed E-state index contributed by atoms with van der Waals surface area (Å²) in [6.45, 7) is 18.0. The maximum Gasteiger partial charge on any atom is 0.342 e. The minimum atomic E-state index is -1.13. The molecule has 6 rings (SSSR count). The van der Waals surface area contributed by atoms with Gasteiger partial charge in [-0.1, -0.05) is 53.9 Å². The maximum absolute atomic E-state index is 14.3. The zero-order chi connectivity index (χ0) is 45.1. The smallest absolute Gasteiger partial charge is 0.342 e. The molecule has 2 N–H and O–H groups in total. The van der Waals surface area contributed by atoms with Crippen LogP contribution in [0.2, 0.25) is 0 Å². The quantitative estimate of drug-likeness (QED) is 0.120. The second kappa shape index (κ2) is 19.1. The number of amides is 2. The van der Waals surface area contributed by atoms with Crippen LogP contribution in [0.25, 0.3) is 11.1 Å². The Balaban J connectivity index is 1.10. The number of hydrogen-bond donors (Lipinski definition) is 2. The summed E-state index contributed by atoms with van der Waals surface area (Å²) in [5.74, 6) is -3.52. The van der Waals surface area contributed by atoms with Crippen molar-refractivity contribution < 1.29 is 37.4 Å². The third-order valence-electron chi connectivity index (χ3n) is 12.3. The molecule has 4 heterocycles. The topological polar surface area (TPSA) is 151 Å². The zero-order valence-electron chi connectivity index (χ0n) is 37.9. The highest BCUT2D eigenvalue weighted by Crippen LogP contribution is 2.41. The van der Waals surface area contributed by atoms with Crippen molar-refractivity contribution >= 4 is 34.9 Å². The summed E-state index contributed by atoms with van der Waals surface area (Å²) < 4.78 is 39.2. The number of carbonyl (C=O) groups is 4. The monoisotopic (exact) mass is 858 g/mol. The number of aromatic nitrogens is 4. The Kier molecular flexibility index (Phi) is 14.3. The molecule has 0 saturated heterocycles. The molecule has 0 unspecified atom stereocenters. The highest BCUT2D eigenvalue weighted by Gasteiger charge is 2.41. The summed E-state index contributed by atoms with van der Waals surface area (Å²) in [5, 5.41) is 15.6. The van der Waals surface area contributed by atoms with Gasteiger partial charge in [-0.05, 0) is 103 Å². The fourth-order valence-corrected chi connectivity index (χ4v) is 9.44. The molecule has 12 nitrogen and oxygen atoms in total. The third-order valence-corrected chi connectivity index (χ3v) is 12.3. The van der Waals surface area contributed by atoms with E-state index in [0.717, 1.165) is 98.9 Å². The SMILES string of the molecule is CCCCc1[nH]nc2c1C(C)(C)CN(C(=O)C1CCC(CCCCc3[nH]nc4c3C(C)(C)CN(C(=O)c3ccc(F)c(F)c3)C=C4C(=O)OC(C)C)CC1)C=C2C(=O)OC(C)C. The van der Waals surface area contributed by atoms with Crippen LogP contribution in [0.15, 0.2) is 30.6 Å². The van der Waals surface area contributed by atoms with Gasteiger partial charge in [-0.2, -0.15) is 10.2 Å². The first-order valence-corrected chi connectivity index (χ1v) is 22.4. The highest BCUT2D eigenvalue weighted by atomic mass is 19.2. The Hall–Kier alpha value is -5.14. The Morgan fingerprint density at radius 3 is 1.77 bits per heavy atom. The van der Waals surface area contributed by atoms with Gasteiger partial charge in [-0.3, -0.25) is 19.8 Å². The number of esters is 2. The van der Waals surface area contributed by atoms with E-state index in [0.29, 0.717) is 35.8 Å². The van der Waals surface area contributed by atoms with Crippen LogP contribution in [0.3, 0.4) is 0 Å². The summed E-state index contributed by atoms with van der Waals surface area (Å²) >= 11 is 0. The molecule has 2 amide bonds. The molecule has 1 aliphatic carbocycles. The van der Waals surface area contributed by atoms with E-state index < -0.39 is 46.4 Å². The van der Waals surface area contributed by atoms with Gasteiger partial charge in [-0.25, -0.2) is 18.4 Å². The van der Waals surface area contributed by atoms with Crippen LogP contribution in [-0.4, -0.2) is 79.2 Å². The van der Waals surface area contributed by atoms with Gasteiger partial charge in [0.1, 0.15) is 22.5 Å². The van der Waals surface area contributed by atoms with Crippen LogP contribution < -0.4 is 0 Å². The fourth-order valence-electron chi connectivity index (χ4n) is 9.44. The van der Waals surface area contributed by atoms with Gasteiger partial charge >= 0.3 is 11.9 Å². The maximum atomic E-state index is 14.3. The predicted octanol–water partition coefficient (Wildman–Crippen LogP) is 9.11. The molecule has 0 spiro atoms. The van der Waals surface area contributed by atoms with Crippen molar-refractivity contribution in [1.29, 1.82) is 0 Å². The number of nitrogens with one attached hydrogen (secondary N) is 2. The second-order valence-corrected chi connectivity index (χ2v) is 19.2. The number of rotatable bonds is 14. The molecule has 0 radical (unpaired) electrons. The molecule has 1 aromatic carbocycles. The Labute approximate surface area is 364 Å². The summed E-state index contributed by atoms with van der Waals surface area (Å²) in [6, 6.07) is 3.00. The molecule has 0 bridgehead atoms. The Morgan fingerprint density at radius 2 is 1.26 bits per heavy atom. The Morgan fingerprint density at radius 1 is 0.742 bits per heavy atom. The summed E-state index contributed by atoms with van der Waals surface area (Å²) in [6.07, 6.45) is 12.1. The second-order valence-electron chi connectivity index (χ2n) is 19.2. The van der Waals surface area contributed by atoms with Crippen molar-refractivity contribution in [3.63, 3.8) is 0 Å². The van der Waals surface area contributed by atoms with Gasteiger partial charge in [0.15, 0.2) is 11.6 Å². The molecule has 1 saturated carbocycles. The number of unbranched alkanes of at least 4 members (excludes halogenated alkanes) is 2. The average Bonchev–Trinajstić information content (AvgIpc) is 3.78. The van der Waals surface area contributed by atoms with Gasteiger partial charge in [0, 0.05) is 70.3 Å². The highest BCUT2D eigenvalue weighted by molar-refractivity contribution is 6.18. The molecular formula is C48H64F2N6O6. The van der Waals surface area contributed by atoms with Gasteiger partial charge in [0.05, 0.1) is 12.2 Å². The molecule has 336 valence electrons. The van der Waals surface area contributed by atoms with Crippen molar-refractivity contribution in [2.75, 3.05) is 13.1 Å². The number of H-pyrrole nitrogens is 2. The van der Waals surface area contributed by atoms with Crippen LogP contribution in [0.1, 0.15) is 164 Å². The van der Waals surface area contributed by atoms with E-state index in [1.54, 1.807) is 24.9 Å². The molecule has 2 aliphatic heterocycles. The molecular weight excluding hydrogens is 795 g/mol. The molecule has 3 aromatic rings. The van der Waals surface area contributed by atoms with E-state index in [1.807, 2.05) is 27.7 Å². The first kappa shape index (κ1) is 46.4. The lowest BCUT2D eigenvalue weighted by Crippen LogP contribution is -2.41. The van der Waals surface area contributed by atoms with Crippen molar-refractivity contribution in [2.45, 2.75) is 156 Å². The lowest BCUT2D eigenvalue weighted by atomic mass is 9.78. The minimum absolute atomic E-state index is 0.0361. The number of halogens is 2. The van der Waals surface area contributed by atoms with E-state index >= 15 is 0 Å². The normalized spacial score (nSPS) is 19.6. The molecule has 14 heteroatoms. The van der Waals surface area contributed by atoms with Gasteiger partial charge < -0.3 is 19.3 Å². The van der Waals surface area contributed by atoms with Crippen LogP contribution in [0.4, 0.5) is 8.78 Å². The average molecular weight is 859 g/mol. The molecule has 62 heavy (non-hydrogen) atoms. The number of carbonyl (C=O) groups excluding carboxylic acids is 4. The zero-order valence-corrected chi connectivity index (χ0v) is 37.9. The number of aryl methyl sites for hydroxylation is 2. The molecule has 1 fully saturated rings. The molecule has 0 atom stereocenters. The van der Waals surface area contributed by atoms with Crippen LogP contribution in [-0.2, 0) is 47.5 Å². The van der Waals surface area contributed by atoms with E-state index in [9.17, 15) is 28.0 Å². The van der Waals surface area contributed by atoms with Crippen molar-refractivity contribution in [1.82, 2.24) is 30.2 Å². The molecule has 2 aromatic heterocycles. The summed E-state index contributed by atoms with van der Waals surface area (Å²) in [4.78, 5) is 58.1. The minimum Gasteiger partial charge on any atom is -0.459 e. The number of aromatic amines is 2. The lowest BCUT2D eigenvalue weighted by molar-refractivity contribution is -0.141. The molecule has 3 aliphatic rings. The van der Waals surface area contributed by atoms with Crippen molar-refractivity contribution in [2.24, 2.45) is 11.8 Å². The van der Waals surface area contributed by atoms with Crippen LogP contribution in [0, 0.1) is 23.5 Å². The van der Waals surface area contributed by atoms with E-state index in [4.69, 9.17) is 9.47 Å². The van der Waals surface area contributed by atoms with Gasteiger partial charge in [-0.15, -0.1) is 0 Å². The number of fused-ring (bicyclic) bond motifs is 2. The Bertz CT molecular complexity index is 2210. The van der Waals surface area contributed by atoms with E-state index in [2.05, 4.69) is 41.2 Å². The predicted molar refractivity (Wildman–Crippen MR) is 232 cm³/mol. The number of ether oxygens (including phenoxy) is 2. The van der Waals surface area contributed by atoms with Gasteiger partial charge in [0.2, 0.25) is 5.91 Å². The van der Waals surface area contributed by atoms with Crippen molar-refractivity contribution in [3.05, 3.63) is 81.7 Å². The van der Waals surface area contributed by atoms with Crippen LogP contribution in [0.5, 0.6) is 0 Å². The van der Waals surface area contributed by atoms with Gasteiger partial charge in [0.25, 0.3) is 5.91 Å². The largest absolute Gasteiger partial charge is 0.459 e. The first-order chi connectivity index (χ1) is 29.3. The van der Waals surface area contributed by atoms with E-state index in [-0.39, 0.29) is 35.6 Å². The lowest BCUT2D eigenvalue weighted by Gasteiger charge is -2.34.